The number of aryl methyl sites for hydroxylation is 1. The van der Waals surface area contributed by atoms with Gasteiger partial charge in [0.2, 0.25) is 0 Å². The monoisotopic (exact) mass is 717 g/mol. The molecule has 0 fully saturated rings. The molecule has 5 aromatic rings. The van der Waals surface area contributed by atoms with Gasteiger partial charge in [0.25, 0.3) is 5.56 Å². The average Bonchev–Trinajstić information content (AvgIpc) is 3.03. The lowest BCUT2D eigenvalue weighted by atomic mass is 9.96. The maximum absolute atomic E-state index is 13.8. The van der Waals surface area contributed by atoms with Crippen molar-refractivity contribution < 1.29 is 24.1 Å². The quantitative estimate of drug-likeness (QED) is 0.119. The summed E-state index contributed by atoms with van der Waals surface area (Å²) in [6.07, 6.45) is 1.60. The zero-order valence-corrected chi connectivity index (χ0v) is 27.7. The van der Waals surface area contributed by atoms with Gasteiger partial charge in [0.1, 0.15) is 12.4 Å². The molecule has 230 valence electrons. The molecule has 0 unspecified atom stereocenters. The van der Waals surface area contributed by atoms with Crippen LogP contribution in [0.25, 0.3) is 22.3 Å². The normalized spacial score (nSPS) is 11.4. The molecule has 0 bridgehead atoms. The highest BCUT2D eigenvalue weighted by atomic mass is 127. The Labute approximate surface area is 274 Å². The van der Waals surface area contributed by atoms with Crippen LogP contribution in [0.15, 0.2) is 82.7 Å². The van der Waals surface area contributed by atoms with Crippen molar-refractivity contribution in [2.24, 2.45) is 5.10 Å². The third kappa shape index (κ3) is 6.70. The zero-order chi connectivity index (χ0) is 32.2. The van der Waals surface area contributed by atoms with Crippen molar-refractivity contribution >= 4 is 45.7 Å². The molecule has 5 rings (SSSR count). The summed E-state index contributed by atoms with van der Waals surface area (Å²) < 4.78 is 19.5. The van der Waals surface area contributed by atoms with Gasteiger partial charge in [-0.3, -0.25) is 4.79 Å². The van der Waals surface area contributed by atoms with Gasteiger partial charge in [0, 0.05) is 5.56 Å². The number of halogens is 1. The van der Waals surface area contributed by atoms with Gasteiger partial charge in [-0.2, -0.15) is 9.78 Å². The molecule has 1 aromatic heterocycles. The maximum Gasteiger partial charge on any atom is 0.335 e. The van der Waals surface area contributed by atoms with Crippen LogP contribution < -0.4 is 19.8 Å². The molecule has 1 heterocycles. The number of methoxy groups -OCH3 is 2. The third-order valence-electron chi connectivity index (χ3n) is 7.35. The Morgan fingerprint density at radius 2 is 1.73 bits per heavy atom. The summed E-state index contributed by atoms with van der Waals surface area (Å²) in [6.45, 7) is 6.37. The van der Waals surface area contributed by atoms with Gasteiger partial charge in [-0.25, -0.2) is 9.78 Å². The van der Waals surface area contributed by atoms with Crippen LogP contribution in [0.5, 0.6) is 17.2 Å². The molecule has 0 aliphatic carbocycles. The van der Waals surface area contributed by atoms with Gasteiger partial charge in [0.05, 0.1) is 40.5 Å². The number of para-hydroxylation sites is 1. The van der Waals surface area contributed by atoms with E-state index in [-0.39, 0.29) is 23.6 Å². The number of carboxylic acids is 1. The van der Waals surface area contributed by atoms with E-state index in [1.54, 1.807) is 50.8 Å². The highest BCUT2D eigenvalue weighted by molar-refractivity contribution is 14.1. The molecule has 0 radical (unpaired) electrons. The smallest absolute Gasteiger partial charge is 0.335 e. The summed E-state index contributed by atoms with van der Waals surface area (Å²) in [6, 6.07) is 21.4. The van der Waals surface area contributed by atoms with Crippen LogP contribution in [0.3, 0.4) is 0 Å². The van der Waals surface area contributed by atoms with E-state index in [9.17, 15) is 9.59 Å². The van der Waals surface area contributed by atoms with E-state index in [4.69, 9.17) is 24.3 Å². The van der Waals surface area contributed by atoms with Crippen LogP contribution in [-0.2, 0) is 6.61 Å². The third-order valence-corrected chi connectivity index (χ3v) is 8.15. The molecule has 45 heavy (non-hydrogen) atoms. The van der Waals surface area contributed by atoms with Crippen molar-refractivity contribution in [2.75, 3.05) is 14.2 Å². The first-order valence-corrected chi connectivity index (χ1v) is 15.3. The number of benzene rings is 4. The first-order valence-electron chi connectivity index (χ1n) is 14.2. The van der Waals surface area contributed by atoms with Crippen LogP contribution in [0.1, 0.15) is 52.4 Å². The van der Waals surface area contributed by atoms with E-state index >= 15 is 0 Å². The molecular weight excluding hydrogens is 685 g/mol. The minimum Gasteiger partial charge on any atom is -0.496 e. The van der Waals surface area contributed by atoms with E-state index in [0.717, 1.165) is 31.6 Å². The summed E-state index contributed by atoms with van der Waals surface area (Å²) in [7, 11) is 3.20. The van der Waals surface area contributed by atoms with Gasteiger partial charge < -0.3 is 19.3 Å². The lowest BCUT2D eigenvalue weighted by molar-refractivity contribution is 0.0697. The average molecular weight is 718 g/mol. The Morgan fingerprint density at radius 1 is 1.02 bits per heavy atom. The van der Waals surface area contributed by atoms with Gasteiger partial charge in [-0.1, -0.05) is 38.1 Å². The Bertz CT molecular complexity index is 1980. The molecule has 9 nitrogen and oxygen atoms in total. The molecule has 0 aliphatic heterocycles. The number of fused-ring (bicyclic) bond motifs is 1. The van der Waals surface area contributed by atoms with Crippen LogP contribution in [0, 0.1) is 10.5 Å². The van der Waals surface area contributed by atoms with Crippen LogP contribution >= 0.6 is 22.6 Å². The summed E-state index contributed by atoms with van der Waals surface area (Å²) in [5, 5.41) is 14.3. The van der Waals surface area contributed by atoms with Gasteiger partial charge in [0.15, 0.2) is 17.3 Å². The summed E-state index contributed by atoms with van der Waals surface area (Å²) >= 11 is 2.16. The molecule has 0 saturated carbocycles. The number of hydrogen-bond acceptors (Lipinski definition) is 7. The number of aromatic nitrogens is 2. The summed E-state index contributed by atoms with van der Waals surface area (Å²) in [4.78, 5) is 29.9. The Hall–Kier alpha value is -4.71. The second-order valence-corrected chi connectivity index (χ2v) is 11.9. The molecule has 10 heteroatoms. The number of ether oxygens (including phenoxy) is 3. The van der Waals surface area contributed by atoms with Crippen molar-refractivity contribution in [3.8, 4) is 28.6 Å². The van der Waals surface area contributed by atoms with Gasteiger partial charge in [-0.05, 0) is 106 Å². The molecule has 4 aromatic carbocycles. The van der Waals surface area contributed by atoms with Crippen molar-refractivity contribution in [1.29, 1.82) is 0 Å². The van der Waals surface area contributed by atoms with E-state index in [1.165, 1.54) is 16.8 Å². The number of carbonyl (C=O) groups is 1. The first-order chi connectivity index (χ1) is 21.6. The van der Waals surface area contributed by atoms with Crippen molar-refractivity contribution in [3.63, 3.8) is 0 Å². The van der Waals surface area contributed by atoms with Crippen molar-refractivity contribution in [3.05, 3.63) is 115 Å². The highest BCUT2D eigenvalue weighted by Gasteiger charge is 2.19. The SMILES string of the molecule is COc1cc(C)c(-c2nc3ccccc3c(=O)n2N=Cc2cc(I)c(OCc3ccc(C(=O)O)cc3)c(OC)c2)cc1C(C)C. The second-order valence-electron chi connectivity index (χ2n) is 10.7. The number of rotatable bonds is 10. The predicted octanol–water partition coefficient (Wildman–Crippen LogP) is 7.28. The number of nitrogens with zero attached hydrogens (tertiary/aromatic N) is 3. The topological polar surface area (TPSA) is 112 Å². The molecule has 0 atom stereocenters. The van der Waals surface area contributed by atoms with Gasteiger partial charge >= 0.3 is 5.97 Å². The van der Waals surface area contributed by atoms with Crippen LogP contribution in [0.4, 0.5) is 0 Å². The fraction of sp³-hybridized carbons (Fsp3) is 0.200. The Morgan fingerprint density at radius 3 is 2.40 bits per heavy atom. The largest absolute Gasteiger partial charge is 0.496 e. The first kappa shape index (κ1) is 31.7. The van der Waals surface area contributed by atoms with E-state index in [0.29, 0.717) is 33.8 Å². The van der Waals surface area contributed by atoms with E-state index in [2.05, 4.69) is 41.5 Å². The second kappa shape index (κ2) is 13.5. The minimum absolute atomic E-state index is 0.183. The zero-order valence-electron chi connectivity index (χ0n) is 25.5. The molecular formula is C35H32IN3O6. The van der Waals surface area contributed by atoms with E-state index < -0.39 is 5.97 Å². The molecule has 0 spiro atoms. The number of aromatic carboxylic acids is 1. The highest BCUT2D eigenvalue weighted by Crippen LogP contribution is 2.35. The Kier molecular flexibility index (Phi) is 9.52. The standard InChI is InChI=1S/C35H32IN3O6/c1-20(2)26-17-27(21(3)14-30(26)43-4)33-38-29-9-7-6-8-25(29)34(40)39(33)37-18-23-15-28(36)32(31(16-23)44-5)45-19-22-10-12-24(13-11-22)35(41)42/h6-18,20H,19H2,1-5H3,(H,41,42). The minimum atomic E-state index is -0.982. The summed E-state index contributed by atoms with van der Waals surface area (Å²) in [5.74, 6) is 1.44. The summed E-state index contributed by atoms with van der Waals surface area (Å²) in [5.41, 5.74) is 4.70. The lowest BCUT2D eigenvalue weighted by Gasteiger charge is -2.17. The van der Waals surface area contributed by atoms with E-state index in [1.807, 2.05) is 37.3 Å². The number of hydrogen-bond donors (Lipinski definition) is 1. The van der Waals surface area contributed by atoms with Gasteiger partial charge in [-0.15, -0.1) is 0 Å². The maximum atomic E-state index is 13.8. The van der Waals surface area contributed by atoms with Crippen LogP contribution in [-0.4, -0.2) is 41.2 Å². The number of carboxylic acid groups (broad SMARTS) is 1. The van der Waals surface area contributed by atoms with Crippen LogP contribution in [0.2, 0.25) is 0 Å². The van der Waals surface area contributed by atoms with Crippen molar-refractivity contribution in [2.45, 2.75) is 33.3 Å². The molecule has 1 N–H and O–H groups in total. The Balaban J connectivity index is 1.55. The fourth-order valence-corrected chi connectivity index (χ4v) is 5.73. The molecule has 0 aliphatic rings. The lowest BCUT2D eigenvalue weighted by Crippen LogP contribution is -2.21. The molecule has 0 amide bonds. The predicted molar refractivity (Wildman–Crippen MR) is 183 cm³/mol. The molecule has 0 saturated heterocycles. The fourth-order valence-electron chi connectivity index (χ4n) is 4.95. The van der Waals surface area contributed by atoms with Crippen molar-refractivity contribution in [1.82, 2.24) is 9.66 Å².